The highest BCUT2D eigenvalue weighted by molar-refractivity contribution is 7.12. The number of nitrogens with two attached hydrogens (primary N) is 1. The molecule has 0 spiro atoms. The molecule has 0 aliphatic carbocycles. The Labute approximate surface area is 113 Å². The first kappa shape index (κ1) is 12.8. The number of thiazole rings is 1. The van der Waals surface area contributed by atoms with Crippen molar-refractivity contribution in [2.24, 2.45) is 5.73 Å². The average Bonchev–Trinajstić information content (AvgIpc) is 3.04. The molecule has 4 nitrogen and oxygen atoms in total. The summed E-state index contributed by atoms with van der Waals surface area (Å²) in [6.45, 7) is 0.781. The number of amides is 1. The molecule has 0 aromatic carbocycles. The lowest BCUT2D eigenvalue weighted by Gasteiger charge is -2.01. The summed E-state index contributed by atoms with van der Waals surface area (Å²) in [5.74, 6) is 5.53. The molecule has 1 amide bonds. The summed E-state index contributed by atoms with van der Waals surface area (Å²) in [7, 11) is 0. The Kier molecular flexibility index (Phi) is 4.47. The second kappa shape index (κ2) is 6.31. The van der Waals surface area contributed by atoms with E-state index in [1.807, 2.05) is 11.4 Å². The minimum atomic E-state index is -0.111. The van der Waals surface area contributed by atoms with Crippen LogP contribution in [0.4, 0.5) is 0 Å². The van der Waals surface area contributed by atoms with Gasteiger partial charge < -0.3 is 11.1 Å². The first-order valence-corrected chi connectivity index (χ1v) is 6.99. The van der Waals surface area contributed by atoms with E-state index in [0.29, 0.717) is 11.4 Å². The Morgan fingerprint density at radius 1 is 1.50 bits per heavy atom. The van der Waals surface area contributed by atoms with Gasteiger partial charge in [0, 0.05) is 16.6 Å². The molecule has 0 saturated heterocycles. The molecule has 2 aromatic rings. The Morgan fingerprint density at radius 2 is 2.39 bits per heavy atom. The molecule has 0 aliphatic heterocycles. The molecule has 3 N–H and O–H groups in total. The third kappa shape index (κ3) is 3.17. The lowest BCUT2D eigenvalue weighted by Crippen LogP contribution is -2.22. The molecule has 0 bridgehead atoms. The fourth-order valence-electron chi connectivity index (χ4n) is 1.31. The molecule has 0 unspecified atom stereocenters. The standard InChI is InChI=1S/C12H11N3OS2/c13-4-1-2-9-3-5-17-11(9)12(16)15-7-10-6-14-8-18-10/h3,5-6,8H,4,7,13H2,(H,15,16). The molecule has 6 heteroatoms. The maximum absolute atomic E-state index is 12.0. The molecule has 2 heterocycles. The zero-order valence-electron chi connectivity index (χ0n) is 9.47. The van der Waals surface area contributed by atoms with Gasteiger partial charge in [-0.3, -0.25) is 9.78 Å². The van der Waals surface area contributed by atoms with Gasteiger partial charge in [0.15, 0.2) is 0 Å². The first-order valence-electron chi connectivity index (χ1n) is 5.23. The predicted octanol–water partition coefficient (Wildman–Crippen LogP) is 1.44. The van der Waals surface area contributed by atoms with Crippen molar-refractivity contribution in [1.29, 1.82) is 0 Å². The molecule has 0 aliphatic rings. The van der Waals surface area contributed by atoms with Gasteiger partial charge in [0.25, 0.3) is 5.91 Å². The summed E-state index contributed by atoms with van der Waals surface area (Å²) in [5.41, 5.74) is 7.79. The minimum absolute atomic E-state index is 0.111. The molecule has 2 rings (SSSR count). The molecule has 0 radical (unpaired) electrons. The van der Waals surface area contributed by atoms with Crippen LogP contribution in [0.1, 0.15) is 20.1 Å². The van der Waals surface area contributed by atoms with E-state index in [2.05, 4.69) is 22.1 Å². The molecule has 92 valence electrons. The van der Waals surface area contributed by atoms with Crippen LogP contribution in [0.3, 0.4) is 0 Å². The molecular formula is C12H11N3OS2. The van der Waals surface area contributed by atoms with E-state index in [1.165, 1.54) is 22.7 Å². The lowest BCUT2D eigenvalue weighted by molar-refractivity contribution is 0.0955. The zero-order valence-corrected chi connectivity index (χ0v) is 11.1. The van der Waals surface area contributed by atoms with Crippen molar-refractivity contribution in [3.63, 3.8) is 0 Å². The number of rotatable bonds is 3. The summed E-state index contributed by atoms with van der Waals surface area (Å²) >= 11 is 2.89. The van der Waals surface area contributed by atoms with Crippen LogP contribution in [-0.2, 0) is 6.54 Å². The lowest BCUT2D eigenvalue weighted by atomic mass is 10.2. The van der Waals surface area contributed by atoms with E-state index in [-0.39, 0.29) is 12.5 Å². The molecule has 18 heavy (non-hydrogen) atoms. The number of nitrogens with one attached hydrogen (secondary N) is 1. The van der Waals surface area contributed by atoms with Crippen LogP contribution in [0.15, 0.2) is 23.2 Å². The van der Waals surface area contributed by atoms with Crippen molar-refractivity contribution in [3.05, 3.63) is 38.5 Å². The van der Waals surface area contributed by atoms with Crippen molar-refractivity contribution in [2.75, 3.05) is 6.54 Å². The summed E-state index contributed by atoms with van der Waals surface area (Å²) < 4.78 is 0. The third-order valence-electron chi connectivity index (χ3n) is 2.10. The summed E-state index contributed by atoms with van der Waals surface area (Å²) in [6.07, 6.45) is 1.74. The Morgan fingerprint density at radius 3 is 3.11 bits per heavy atom. The number of carbonyl (C=O) groups excluding carboxylic acids is 1. The highest BCUT2D eigenvalue weighted by atomic mass is 32.1. The van der Waals surface area contributed by atoms with Crippen molar-refractivity contribution in [2.45, 2.75) is 6.54 Å². The van der Waals surface area contributed by atoms with Crippen LogP contribution in [0.5, 0.6) is 0 Å². The molecule has 0 atom stereocenters. The Balaban J connectivity index is 2.02. The number of hydrogen-bond donors (Lipinski definition) is 2. The molecule has 0 saturated carbocycles. The SMILES string of the molecule is NCC#Cc1ccsc1C(=O)NCc1cncs1. The number of aromatic nitrogens is 1. The first-order chi connectivity index (χ1) is 8.81. The van der Waals surface area contributed by atoms with Gasteiger partial charge in [-0.15, -0.1) is 22.7 Å². The maximum atomic E-state index is 12.0. The van der Waals surface area contributed by atoms with Gasteiger partial charge in [0.1, 0.15) is 4.88 Å². The van der Waals surface area contributed by atoms with Gasteiger partial charge in [-0.25, -0.2) is 0 Å². The summed E-state index contributed by atoms with van der Waals surface area (Å²) in [6, 6.07) is 1.83. The van der Waals surface area contributed by atoms with Gasteiger partial charge in [-0.2, -0.15) is 0 Å². The van der Waals surface area contributed by atoms with Crippen LogP contribution in [0.25, 0.3) is 0 Å². The molecule has 0 fully saturated rings. The van der Waals surface area contributed by atoms with E-state index in [1.54, 1.807) is 11.7 Å². The van der Waals surface area contributed by atoms with Crippen LogP contribution in [0.2, 0.25) is 0 Å². The van der Waals surface area contributed by atoms with E-state index in [9.17, 15) is 4.79 Å². The highest BCUT2D eigenvalue weighted by Gasteiger charge is 2.11. The summed E-state index contributed by atoms with van der Waals surface area (Å²) in [4.78, 5) is 17.6. The molecule has 2 aromatic heterocycles. The fraction of sp³-hybridized carbons (Fsp3) is 0.167. The van der Waals surface area contributed by atoms with Gasteiger partial charge in [0.2, 0.25) is 0 Å². The van der Waals surface area contributed by atoms with Gasteiger partial charge in [-0.1, -0.05) is 11.8 Å². The minimum Gasteiger partial charge on any atom is -0.346 e. The van der Waals surface area contributed by atoms with Crippen molar-refractivity contribution < 1.29 is 4.79 Å². The van der Waals surface area contributed by atoms with Gasteiger partial charge in [0.05, 0.1) is 18.6 Å². The number of nitrogens with zero attached hydrogens (tertiary/aromatic N) is 1. The van der Waals surface area contributed by atoms with Crippen LogP contribution >= 0.6 is 22.7 Å². The van der Waals surface area contributed by atoms with Gasteiger partial charge in [-0.05, 0) is 11.4 Å². The smallest absolute Gasteiger partial charge is 0.262 e. The highest BCUT2D eigenvalue weighted by Crippen LogP contribution is 2.16. The fourth-order valence-corrected chi connectivity index (χ4v) is 2.61. The molecular weight excluding hydrogens is 266 g/mol. The largest absolute Gasteiger partial charge is 0.346 e. The monoisotopic (exact) mass is 277 g/mol. The Hall–Kier alpha value is -1.68. The number of hydrogen-bond acceptors (Lipinski definition) is 5. The van der Waals surface area contributed by atoms with Gasteiger partial charge >= 0.3 is 0 Å². The van der Waals surface area contributed by atoms with E-state index in [0.717, 1.165) is 10.4 Å². The van der Waals surface area contributed by atoms with Crippen molar-refractivity contribution in [3.8, 4) is 11.8 Å². The van der Waals surface area contributed by atoms with E-state index >= 15 is 0 Å². The average molecular weight is 277 g/mol. The number of thiophene rings is 1. The number of carbonyl (C=O) groups is 1. The van der Waals surface area contributed by atoms with Crippen molar-refractivity contribution in [1.82, 2.24) is 10.3 Å². The Bertz CT molecular complexity index is 578. The second-order valence-corrected chi connectivity index (χ2v) is 5.21. The van der Waals surface area contributed by atoms with Crippen LogP contribution in [-0.4, -0.2) is 17.4 Å². The van der Waals surface area contributed by atoms with E-state index in [4.69, 9.17) is 5.73 Å². The normalized spacial score (nSPS) is 9.61. The zero-order chi connectivity index (χ0) is 12.8. The third-order valence-corrected chi connectivity index (χ3v) is 3.80. The van der Waals surface area contributed by atoms with Crippen LogP contribution < -0.4 is 11.1 Å². The topological polar surface area (TPSA) is 68.0 Å². The van der Waals surface area contributed by atoms with Crippen molar-refractivity contribution >= 4 is 28.6 Å². The second-order valence-electron chi connectivity index (χ2n) is 3.32. The van der Waals surface area contributed by atoms with Crippen LogP contribution in [0, 0.1) is 11.8 Å². The maximum Gasteiger partial charge on any atom is 0.262 e. The predicted molar refractivity (Wildman–Crippen MR) is 73.5 cm³/mol. The van der Waals surface area contributed by atoms with E-state index < -0.39 is 0 Å². The quantitative estimate of drug-likeness (QED) is 0.834. The summed E-state index contributed by atoms with van der Waals surface area (Å²) in [5, 5.41) is 4.70.